The molecule has 276 valence electrons. The fourth-order valence-electron chi connectivity index (χ4n) is 8.68. The van der Waals surface area contributed by atoms with Gasteiger partial charge in [0.05, 0.1) is 16.7 Å². The van der Waals surface area contributed by atoms with Crippen LogP contribution in [0, 0.1) is 0 Å². The van der Waals surface area contributed by atoms with E-state index in [1.54, 1.807) is 0 Å². The van der Waals surface area contributed by atoms with Crippen LogP contribution in [-0.2, 0) is 0 Å². The molecule has 5 nitrogen and oxygen atoms in total. The zero-order valence-electron chi connectivity index (χ0n) is 31.7. The van der Waals surface area contributed by atoms with Crippen LogP contribution in [0.3, 0.4) is 0 Å². The number of fused-ring (bicyclic) bond motifs is 7. The van der Waals surface area contributed by atoms with Gasteiger partial charge in [-0.05, 0) is 58.7 Å². The molecule has 6 heteroatoms. The molecule has 0 radical (unpaired) electrons. The van der Waals surface area contributed by atoms with E-state index in [-0.39, 0.29) is 0 Å². The Kier molecular flexibility index (Phi) is 7.71. The highest BCUT2D eigenvalue weighted by Crippen LogP contribution is 2.50. The van der Waals surface area contributed by atoms with Gasteiger partial charge in [0, 0.05) is 48.3 Å². The van der Waals surface area contributed by atoms with E-state index < -0.39 is 0 Å². The van der Waals surface area contributed by atoms with Crippen LogP contribution in [-0.4, -0.2) is 24.1 Å². The van der Waals surface area contributed by atoms with E-state index >= 15 is 0 Å². The number of aromatic nitrogens is 5. The van der Waals surface area contributed by atoms with Gasteiger partial charge in [0.25, 0.3) is 0 Å². The summed E-state index contributed by atoms with van der Waals surface area (Å²) in [7, 11) is 0. The van der Waals surface area contributed by atoms with Gasteiger partial charge in [-0.15, -0.1) is 0 Å². The van der Waals surface area contributed by atoms with Crippen molar-refractivity contribution in [1.29, 1.82) is 0 Å². The second-order valence-corrected chi connectivity index (χ2v) is 15.9. The van der Waals surface area contributed by atoms with Gasteiger partial charge < -0.3 is 0 Å². The molecule has 0 bridgehead atoms. The van der Waals surface area contributed by atoms with Crippen molar-refractivity contribution in [1.82, 2.24) is 24.1 Å². The fraction of sp³-hybridized carbons (Fsp3) is 0. The summed E-state index contributed by atoms with van der Waals surface area (Å²) in [4.78, 5) is 18.3. The molecule has 4 heterocycles. The van der Waals surface area contributed by atoms with E-state index in [9.17, 15) is 0 Å². The number of rotatable bonds is 6. The normalized spacial score (nSPS) is 12.0. The van der Waals surface area contributed by atoms with Gasteiger partial charge in [-0.2, -0.15) is 0 Å². The molecule has 12 rings (SSSR count). The lowest BCUT2D eigenvalue weighted by molar-refractivity contribution is 1.03. The van der Waals surface area contributed by atoms with Crippen LogP contribution in [0.4, 0.5) is 0 Å². The van der Waals surface area contributed by atoms with Crippen molar-refractivity contribution in [3.63, 3.8) is 0 Å². The summed E-state index contributed by atoms with van der Waals surface area (Å²) < 4.78 is 4.88. The third-order valence-corrected chi connectivity index (χ3v) is 12.5. The van der Waals surface area contributed by atoms with Crippen molar-refractivity contribution >= 4 is 44.6 Å². The minimum Gasteiger partial charge on any atom is -0.295 e. The highest BCUT2D eigenvalue weighted by molar-refractivity contribution is 7.99. The van der Waals surface area contributed by atoms with Crippen LogP contribution in [0.1, 0.15) is 0 Å². The summed E-state index contributed by atoms with van der Waals surface area (Å²) in [5, 5.41) is 3.49. The van der Waals surface area contributed by atoms with Gasteiger partial charge in [-0.25, -0.2) is 15.0 Å². The molecule has 0 saturated heterocycles. The van der Waals surface area contributed by atoms with Gasteiger partial charge in [-0.1, -0.05) is 176 Å². The van der Waals surface area contributed by atoms with Gasteiger partial charge >= 0.3 is 0 Å². The molecule has 0 N–H and O–H groups in total. The number of nitrogens with zero attached hydrogens (tertiary/aromatic N) is 5. The molecule has 8 aromatic carbocycles. The molecule has 0 unspecified atom stereocenters. The molecule has 0 fully saturated rings. The Morgan fingerprint density at radius 1 is 0.356 bits per heavy atom. The quantitative estimate of drug-likeness (QED) is 0.169. The molecule has 0 spiro atoms. The van der Waals surface area contributed by atoms with Crippen molar-refractivity contribution in [3.05, 3.63) is 200 Å². The van der Waals surface area contributed by atoms with Crippen molar-refractivity contribution in [3.8, 4) is 67.8 Å². The van der Waals surface area contributed by atoms with Crippen molar-refractivity contribution in [2.24, 2.45) is 0 Å². The Morgan fingerprint density at radius 3 is 1.51 bits per heavy atom. The largest absolute Gasteiger partial charge is 0.295 e. The lowest BCUT2D eigenvalue weighted by Crippen LogP contribution is -2.05. The van der Waals surface area contributed by atoms with E-state index in [1.165, 1.54) is 42.9 Å². The monoisotopic (exact) mass is 771 g/mol. The third-order valence-electron chi connectivity index (χ3n) is 11.4. The van der Waals surface area contributed by atoms with Gasteiger partial charge in [0.15, 0.2) is 17.5 Å². The first kappa shape index (κ1) is 33.6. The highest BCUT2D eigenvalue weighted by Gasteiger charge is 2.29. The van der Waals surface area contributed by atoms with Crippen LogP contribution >= 0.6 is 11.8 Å². The molecule has 1 aliphatic heterocycles. The molecular weight excluding hydrogens is 739 g/mol. The Hall–Kier alpha value is -7.54. The first-order valence-corrected chi connectivity index (χ1v) is 20.6. The topological polar surface area (TPSA) is 48.5 Å². The maximum absolute atomic E-state index is 5.34. The van der Waals surface area contributed by atoms with E-state index in [2.05, 4.69) is 197 Å². The molecule has 59 heavy (non-hydrogen) atoms. The summed E-state index contributed by atoms with van der Waals surface area (Å²) in [6.45, 7) is 0. The Morgan fingerprint density at radius 2 is 0.864 bits per heavy atom. The molecule has 0 atom stereocenters. The Bertz CT molecular complexity index is 3270. The molecular formula is C53H33N5S. The van der Waals surface area contributed by atoms with Gasteiger partial charge in [0.2, 0.25) is 0 Å². The predicted molar refractivity (Wildman–Crippen MR) is 242 cm³/mol. The summed E-state index contributed by atoms with van der Waals surface area (Å²) >= 11 is 1.84. The van der Waals surface area contributed by atoms with Crippen LogP contribution in [0.2, 0.25) is 0 Å². The maximum Gasteiger partial charge on any atom is 0.164 e. The van der Waals surface area contributed by atoms with Crippen molar-refractivity contribution in [2.45, 2.75) is 9.79 Å². The zero-order valence-corrected chi connectivity index (χ0v) is 32.5. The SMILES string of the molecule is c1ccc(-c2ccc(-c3nc(-c4ccc(-c5ccccc5)cc4)nc(-c4cccc5c4c4c6cccc7c6n(c4n5-c4ccccc4)-c4ccccc4S7)n3)cc2)cc1. The van der Waals surface area contributed by atoms with Crippen molar-refractivity contribution in [2.75, 3.05) is 0 Å². The average Bonchev–Trinajstić information content (AvgIpc) is 3.84. The van der Waals surface area contributed by atoms with Crippen LogP contribution in [0.5, 0.6) is 0 Å². The lowest BCUT2D eigenvalue weighted by Gasteiger charge is -2.21. The molecule has 1 aliphatic rings. The molecule has 11 aromatic rings. The van der Waals surface area contributed by atoms with Crippen LogP contribution in [0.15, 0.2) is 210 Å². The Balaban J connectivity index is 1.13. The second kappa shape index (κ2) is 13.5. The Labute approximate surface area is 344 Å². The highest BCUT2D eigenvalue weighted by atomic mass is 32.2. The minimum atomic E-state index is 0.625. The minimum absolute atomic E-state index is 0.625. The maximum atomic E-state index is 5.34. The summed E-state index contributed by atoms with van der Waals surface area (Å²) in [5.74, 6) is 1.88. The first-order chi connectivity index (χ1) is 29.3. The standard InChI is InChI=1S/C53H33N5S/c1-4-14-34(15-5-1)36-26-30-38(31-27-36)50-54-51(39-32-28-37(29-33-39)35-16-6-2-7-17-35)56-52(55-50)42-21-12-23-44-47(42)48-41-20-13-25-46-49(41)58(43-22-10-11-24-45(43)59-46)53(48)57(44)40-18-8-3-9-19-40/h1-33H. The third kappa shape index (κ3) is 5.45. The molecule has 0 aliphatic carbocycles. The first-order valence-electron chi connectivity index (χ1n) is 19.8. The summed E-state index contributed by atoms with van der Waals surface area (Å²) in [6.07, 6.45) is 0. The number of hydrogen-bond donors (Lipinski definition) is 0. The lowest BCUT2D eigenvalue weighted by atomic mass is 10.0. The summed E-state index contributed by atoms with van der Waals surface area (Å²) in [6, 6.07) is 70.6. The molecule has 0 saturated carbocycles. The van der Waals surface area contributed by atoms with Crippen molar-refractivity contribution < 1.29 is 0 Å². The van der Waals surface area contributed by atoms with E-state index in [1.807, 2.05) is 23.9 Å². The predicted octanol–water partition coefficient (Wildman–Crippen LogP) is 13.7. The number of hydrogen-bond acceptors (Lipinski definition) is 4. The van der Waals surface area contributed by atoms with E-state index in [0.29, 0.717) is 17.5 Å². The smallest absolute Gasteiger partial charge is 0.164 e. The fourth-order valence-corrected chi connectivity index (χ4v) is 9.77. The number of para-hydroxylation sites is 3. The summed E-state index contributed by atoms with van der Waals surface area (Å²) in [5.41, 5.74) is 13.1. The van der Waals surface area contributed by atoms with E-state index in [4.69, 9.17) is 15.0 Å². The van der Waals surface area contributed by atoms with Crippen LogP contribution < -0.4 is 0 Å². The second-order valence-electron chi connectivity index (χ2n) is 14.8. The number of benzene rings is 8. The molecule has 0 amide bonds. The average molecular weight is 772 g/mol. The molecule has 3 aromatic heterocycles. The van der Waals surface area contributed by atoms with Gasteiger partial charge in [-0.3, -0.25) is 9.13 Å². The van der Waals surface area contributed by atoms with E-state index in [0.717, 1.165) is 50.1 Å². The van der Waals surface area contributed by atoms with Crippen LogP contribution in [0.25, 0.3) is 101 Å². The zero-order chi connectivity index (χ0) is 38.9. The van der Waals surface area contributed by atoms with Gasteiger partial charge in [0.1, 0.15) is 5.65 Å².